The van der Waals surface area contributed by atoms with E-state index in [-0.39, 0.29) is 23.9 Å². The largest absolute Gasteiger partial charge is 0.433 e. The second-order valence-electron chi connectivity index (χ2n) is 3.74. The summed E-state index contributed by atoms with van der Waals surface area (Å²) in [5.74, 6) is 2.67. The molecule has 0 radical (unpaired) electrons. The van der Waals surface area contributed by atoms with Gasteiger partial charge in [0.15, 0.2) is 5.96 Å². The fourth-order valence-corrected chi connectivity index (χ4v) is 2.08. The average molecular weight is 336 g/mol. The predicted molar refractivity (Wildman–Crippen MR) is 80.1 cm³/mol. The molecule has 0 bridgehead atoms. The van der Waals surface area contributed by atoms with Crippen LogP contribution >= 0.6 is 23.2 Å². The first-order valence-electron chi connectivity index (χ1n) is 5.78. The van der Waals surface area contributed by atoms with Crippen LogP contribution in [0.2, 0.25) is 10.0 Å². The van der Waals surface area contributed by atoms with Gasteiger partial charge in [0.05, 0.1) is 11.6 Å². The van der Waals surface area contributed by atoms with Crippen molar-refractivity contribution in [3.63, 3.8) is 0 Å². The molecule has 0 aromatic heterocycles. The zero-order valence-corrected chi connectivity index (χ0v) is 12.6. The number of alkyl halides is 2. The van der Waals surface area contributed by atoms with Crippen LogP contribution in [0.15, 0.2) is 17.1 Å². The molecule has 0 saturated heterocycles. The standard InChI is InChI=1S/C13H13Cl2F2N3O/c1-3-4-19-13(18-2)20-7-8-5-9(14)6-10(15)11(8)21-12(16)17/h1,5-6,12H,4,7H2,2H3,(H2,18,19,20). The van der Waals surface area contributed by atoms with E-state index in [0.717, 1.165) is 0 Å². The number of hydrogen-bond donors (Lipinski definition) is 2. The minimum absolute atomic E-state index is 0.00571. The quantitative estimate of drug-likeness (QED) is 0.494. The summed E-state index contributed by atoms with van der Waals surface area (Å²) in [6.45, 7) is -2.58. The lowest BCUT2D eigenvalue weighted by atomic mass is 10.2. The van der Waals surface area contributed by atoms with Gasteiger partial charge in [-0.15, -0.1) is 6.42 Å². The molecule has 8 heteroatoms. The maximum atomic E-state index is 12.4. The van der Waals surface area contributed by atoms with Crippen LogP contribution in [0, 0.1) is 12.3 Å². The van der Waals surface area contributed by atoms with Crippen LogP contribution in [0.4, 0.5) is 8.78 Å². The highest BCUT2D eigenvalue weighted by atomic mass is 35.5. The number of nitrogens with one attached hydrogen (secondary N) is 2. The van der Waals surface area contributed by atoms with Crippen LogP contribution in [0.5, 0.6) is 5.75 Å². The first kappa shape index (κ1) is 17.3. The number of halogens is 4. The van der Waals surface area contributed by atoms with Gasteiger partial charge in [0.1, 0.15) is 5.75 Å². The Balaban J connectivity index is 2.89. The van der Waals surface area contributed by atoms with Crippen molar-refractivity contribution in [1.29, 1.82) is 0 Å². The van der Waals surface area contributed by atoms with Gasteiger partial charge in [0.2, 0.25) is 0 Å². The predicted octanol–water partition coefficient (Wildman–Crippen LogP) is 2.89. The van der Waals surface area contributed by atoms with E-state index < -0.39 is 6.61 Å². The fourth-order valence-electron chi connectivity index (χ4n) is 1.50. The van der Waals surface area contributed by atoms with Gasteiger partial charge >= 0.3 is 6.61 Å². The summed E-state index contributed by atoms with van der Waals surface area (Å²) in [6.07, 6.45) is 5.12. The van der Waals surface area contributed by atoms with Crippen molar-refractivity contribution in [2.24, 2.45) is 4.99 Å². The van der Waals surface area contributed by atoms with Crippen LogP contribution in [0.3, 0.4) is 0 Å². The van der Waals surface area contributed by atoms with E-state index >= 15 is 0 Å². The molecular formula is C13H13Cl2F2N3O. The maximum absolute atomic E-state index is 12.4. The highest BCUT2D eigenvalue weighted by molar-refractivity contribution is 6.35. The summed E-state index contributed by atoms with van der Waals surface area (Å²) < 4.78 is 29.3. The topological polar surface area (TPSA) is 45.7 Å². The summed E-state index contributed by atoms with van der Waals surface area (Å²) in [6, 6.07) is 2.81. The Morgan fingerprint density at radius 3 is 2.71 bits per heavy atom. The van der Waals surface area contributed by atoms with E-state index in [0.29, 0.717) is 16.5 Å². The zero-order chi connectivity index (χ0) is 15.8. The average Bonchev–Trinajstić information content (AvgIpc) is 2.42. The van der Waals surface area contributed by atoms with Crippen molar-refractivity contribution in [2.75, 3.05) is 13.6 Å². The van der Waals surface area contributed by atoms with Crippen molar-refractivity contribution in [1.82, 2.24) is 10.6 Å². The number of ether oxygens (including phenoxy) is 1. The lowest BCUT2D eigenvalue weighted by molar-refractivity contribution is -0.0504. The van der Waals surface area contributed by atoms with Gasteiger partial charge in [-0.3, -0.25) is 4.99 Å². The highest BCUT2D eigenvalue weighted by Gasteiger charge is 2.15. The van der Waals surface area contributed by atoms with Crippen molar-refractivity contribution in [3.05, 3.63) is 27.7 Å². The molecule has 2 N–H and O–H groups in total. The molecule has 1 aromatic rings. The van der Waals surface area contributed by atoms with E-state index in [1.165, 1.54) is 12.1 Å². The number of benzene rings is 1. The van der Waals surface area contributed by atoms with Crippen molar-refractivity contribution in [2.45, 2.75) is 13.2 Å². The first-order chi connectivity index (χ1) is 9.97. The SMILES string of the molecule is C#CCNC(=NC)NCc1cc(Cl)cc(Cl)c1OC(F)F. The Hall–Kier alpha value is -1.71. The summed E-state index contributed by atoms with van der Waals surface area (Å²) in [5, 5.41) is 6.03. The van der Waals surface area contributed by atoms with E-state index in [2.05, 4.69) is 26.3 Å². The molecule has 0 heterocycles. The number of rotatable bonds is 5. The Labute approximate surface area is 131 Å². The van der Waals surface area contributed by atoms with Gasteiger partial charge in [-0.2, -0.15) is 8.78 Å². The summed E-state index contributed by atoms with van der Waals surface area (Å²) in [5.41, 5.74) is 0.372. The molecule has 0 aliphatic heterocycles. The van der Waals surface area contributed by atoms with Crippen LogP contribution in [-0.4, -0.2) is 26.2 Å². The van der Waals surface area contributed by atoms with Gasteiger partial charge in [-0.25, -0.2) is 0 Å². The molecule has 1 aromatic carbocycles. The zero-order valence-electron chi connectivity index (χ0n) is 11.1. The summed E-state index contributed by atoms with van der Waals surface area (Å²) in [7, 11) is 1.55. The van der Waals surface area contributed by atoms with E-state index in [4.69, 9.17) is 29.6 Å². The van der Waals surface area contributed by atoms with Crippen LogP contribution in [0.25, 0.3) is 0 Å². The molecule has 0 unspecified atom stereocenters. The first-order valence-corrected chi connectivity index (χ1v) is 6.54. The second-order valence-corrected chi connectivity index (χ2v) is 4.58. The lowest BCUT2D eigenvalue weighted by Gasteiger charge is -2.15. The third-order valence-corrected chi connectivity index (χ3v) is 2.82. The third kappa shape index (κ3) is 5.66. The van der Waals surface area contributed by atoms with E-state index in [1.807, 2.05) is 0 Å². The molecular weight excluding hydrogens is 323 g/mol. The Bertz CT molecular complexity index is 559. The molecule has 0 aliphatic rings. The van der Waals surface area contributed by atoms with Gasteiger partial charge in [0, 0.05) is 24.2 Å². The lowest BCUT2D eigenvalue weighted by Crippen LogP contribution is -2.37. The minimum atomic E-state index is -2.98. The molecule has 0 aliphatic carbocycles. The molecule has 0 atom stereocenters. The monoisotopic (exact) mass is 335 g/mol. The van der Waals surface area contributed by atoms with Gasteiger partial charge < -0.3 is 15.4 Å². The smallest absolute Gasteiger partial charge is 0.387 e. The molecule has 21 heavy (non-hydrogen) atoms. The van der Waals surface area contributed by atoms with Crippen molar-refractivity contribution >= 4 is 29.2 Å². The molecule has 4 nitrogen and oxygen atoms in total. The highest BCUT2D eigenvalue weighted by Crippen LogP contribution is 2.33. The third-order valence-electron chi connectivity index (χ3n) is 2.32. The minimum Gasteiger partial charge on any atom is -0.433 e. The van der Waals surface area contributed by atoms with Crippen LogP contribution in [-0.2, 0) is 6.54 Å². The van der Waals surface area contributed by atoms with E-state index in [9.17, 15) is 8.78 Å². The number of aliphatic imine (C=N–C) groups is 1. The van der Waals surface area contributed by atoms with Gasteiger partial charge in [-0.1, -0.05) is 29.1 Å². The molecule has 0 fully saturated rings. The normalized spacial score (nSPS) is 11.2. The number of terminal acetylenes is 1. The van der Waals surface area contributed by atoms with E-state index in [1.54, 1.807) is 7.05 Å². The summed E-state index contributed by atoms with van der Waals surface area (Å²) in [4.78, 5) is 3.92. The molecule has 114 valence electrons. The number of hydrogen-bond acceptors (Lipinski definition) is 2. The second kappa shape index (κ2) is 8.55. The number of guanidine groups is 1. The van der Waals surface area contributed by atoms with Crippen molar-refractivity contribution < 1.29 is 13.5 Å². The summed E-state index contributed by atoms with van der Waals surface area (Å²) >= 11 is 11.7. The van der Waals surface area contributed by atoms with Crippen LogP contribution < -0.4 is 15.4 Å². The molecule has 0 spiro atoms. The van der Waals surface area contributed by atoms with Gasteiger partial charge in [0.25, 0.3) is 0 Å². The molecule has 0 amide bonds. The van der Waals surface area contributed by atoms with Gasteiger partial charge in [-0.05, 0) is 12.1 Å². The fraction of sp³-hybridized carbons (Fsp3) is 0.308. The van der Waals surface area contributed by atoms with Crippen LogP contribution in [0.1, 0.15) is 5.56 Å². The van der Waals surface area contributed by atoms with Crippen molar-refractivity contribution in [3.8, 4) is 18.1 Å². The molecule has 0 saturated carbocycles. The number of nitrogens with zero attached hydrogens (tertiary/aromatic N) is 1. The Morgan fingerprint density at radius 1 is 1.43 bits per heavy atom. The Morgan fingerprint density at radius 2 is 2.14 bits per heavy atom. The maximum Gasteiger partial charge on any atom is 0.387 e. The molecule has 1 rings (SSSR count). The Kier molecular flexibility index (Phi) is 7.06.